The second-order valence-electron chi connectivity index (χ2n) is 3.57. The Balaban J connectivity index is 0. The third kappa shape index (κ3) is 7.26. The standard InChI is InChI=1S/C11H19N3OS.2ClH/c1-4-14(5-2)6-7-16-11-12-9(3)8-10(15)13-11;;/h8H,4-7H2,1-3H3,(H,12,13,15);2*1H. The van der Waals surface area contributed by atoms with Gasteiger partial charge >= 0.3 is 0 Å². The first-order chi connectivity index (χ1) is 7.65. The maximum Gasteiger partial charge on any atom is 0.251 e. The molecular weight excluding hydrogens is 293 g/mol. The van der Waals surface area contributed by atoms with Gasteiger partial charge in [-0.3, -0.25) is 4.79 Å². The molecule has 106 valence electrons. The summed E-state index contributed by atoms with van der Waals surface area (Å²) in [6.45, 7) is 9.30. The Morgan fingerprint density at radius 1 is 1.33 bits per heavy atom. The SMILES string of the molecule is CCN(CC)CCSc1nc(C)cc(=O)[nH]1.Cl.Cl. The molecule has 1 aromatic heterocycles. The first-order valence-corrected chi connectivity index (χ1v) is 6.57. The zero-order chi connectivity index (χ0) is 12.0. The lowest BCUT2D eigenvalue weighted by molar-refractivity contribution is 0.324. The highest BCUT2D eigenvalue weighted by molar-refractivity contribution is 7.99. The van der Waals surface area contributed by atoms with E-state index >= 15 is 0 Å². The normalized spacial score (nSPS) is 9.78. The predicted molar refractivity (Wildman–Crippen MR) is 82.6 cm³/mol. The molecule has 0 aromatic carbocycles. The van der Waals surface area contributed by atoms with Crippen molar-refractivity contribution in [3.05, 3.63) is 22.1 Å². The Morgan fingerprint density at radius 3 is 2.44 bits per heavy atom. The molecule has 0 aliphatic carbocycles. The summed E-state index contributed by atoms with van der Waals surface area (Å²) in [5.74, 6) is 0.952. The number of aromatic amines is 1. The van der Waals surface area contributed by atoms with E-state index in [0.717, 1.165) is 36.2 Å². The lowest BCUT2D eigenvalue weighted by atomic mass is 10.5. The molecule has 0 radical (unpaired) electrons. The summed E-state index contributed by atoms with van der Waals surface area (Å²) in [7, 11) is 0. The Kier molecular flexibility index (Phi) is 11.9. The summed E-state index contributed by atoms with van der Waals surface area (Å²) in [6, 6.07) is 1.51. The summed E-state index contributed by atoms with van der Waals surface area (Å²) < 4.78 is 0. The average molecular weight is 314 g/mol. The molecule has 0 unspecified atom stereocenters. The van der Waals surface area contributed by atoms with Gasteiger partial charge in [-0.25, -0.2) is 4.98 Å². The van der Waals surface area contributed by atoms with Gasteiger partial charge in [0.1, 0.15) is 0 Å². The number of thioether (sulfide) groups is 1. The number of halogens is 2. The molecule has 0 amide bonds. The quantitative estimate of drug-likeness (QED) is 0.647. The number of H-pyrrole nitrogens is 1. The minimum Gasteiger partial charge on any atom is -0.303 e. The lowest BCUT2D eigenvalue weighted by Gasteiger charge is -2.16. The predicted octanol–water partition coefficient (Wildman–Crippen LogP) is 2.36. The van der Waals surface area contributed by atoms with Crippen molar-refractivity contribution in [2.24, 2.45) is 0 Å². The van der Waals surface area contributed by atoms with Gasteiger partial charge in [0.25, 0.3) is 5.56 Å². The first kappa shape index (κ1) is 20.1. The van der Waals surface area contributed by atoms with Crippen LogP contribution in [0.15, 0.2) is 16.0 Å². The molecule has 0 bridgehead atoms. The number of rotatable bonds is 6. The van der Waals surface area contributed by atoms with E-state index in [9.17, 15) is 4.79 Å². The van der Waals surface area contributed by atoms with Crippen LogP contribution in [-0.2, 0) is 0 Å². The number of hydrogen-bond acceptors (Lipinski definition) is 4. The van der Waals surface area contributed by atoms with Gasteiger partial charge in [0.15, 0.2) is 5.16 Å². The molecule has 0 aliphatic rings. The van der Waals surface area contributed by atoms with Crippen LogP contribution in [-0.4, -0.2) is 40.3 Å². The van der Waals surface area contributed by atoms with Crippen LogP contribution in [0.1, 0.15) is 19.5 Å². The minimum absolute atomic E-state index is 0. The molecule has 0 aliphatic heterocycles. The molecule has 7 heteroatoms. The molecule has 0 atom stereocenters. The van der Waals surface area contributed by atoms with Gasteiger partial charge in [-0.05, 0) is 20.0 Å². The van der Waals surface area contributed by atoms with Crippen molar-refractivity contribution in [1.29, 1.82) is 0 Å². The number of aryl methyl sites for hydroxylation is 1. The van der Waals surface area contributed by atoms with E-state index in [0.29, 0.717) is 0 Å². The lowest BCUT2D eigenvalue weighted by Crippen LogP contribution is -2.25. The molecule has 0 fully saturated rings. The van der Waals surface area contributed by atoms with Crippen molar-refractivity contribution in [2.45, 2.75) is 25.9 Å². The van der Waals surface area contributed by atoms with Gasteiger partial charge < -0.3 is 9.88 Å². The third-order valence-electron chi connectivity index (χ3n) is 2.39. The third-order valence-corrected chi connectivity index (χ3v) is 3.24. The van der Waals surface area contributed by atoms with Crippen LogP contribution in [0.4, 0.5) is 0 Å². The van der Waals surface area contributed by atoms with E-state index in [4.69, 9.17) is 0 Å². The second kappa shape index (κ2) is 10.7. The van der Waals surface area contributed by atoms with E-state index in [2.05, 4.69) is 28.7 Å². The Bertz CT molecular complexity index is 383. The van der Waals surface area contributed by atoms with Gasteiger partial charge in [0.05, 0.1) is 0 Å². The second-order valence-corrected chi connectivity index (χ2v) is 4.65. The molecule has 0 spiro atoms. The van der Waals surface area contributed by atoms with Crippen molar-refractivity contribution in [3.8, 4) is 0 Å². The molecule has 4 nitrogen and oxygen atoms in total. The van der Waals surface area contributed by atoms with Gasteiger partial charge in [-0.15, -0.1) is 24.8 Å². The number of nitrogens with zero attached hydrogens (tertiary/aromatic N) is 2. The first-order valence-electron chi connectivity index (χ1n) is 5.58. The van der Waals surface area contributed by atoms with Crippen molar-refractivity contribution < 1.29 is 0 Å². The zero-order valence-electron chi connectivity index (χ0n) is 10.9. The largest absolute Gasteiger partial charge is 0.303 e. The fraction of sp³-hybridized carbons (Fsp3) is 0.636. The highest BCUT2D eigenvalue weighted by Crippen LogP contribution is 2.10. The molecule has 1 N–H and O–H groups in total. The highest BCUT2D eigenvalue weighted by atomic mass is 35.5. The van der Waals surface area contributed by atoms with Crippen LogP contribution in [0.5, 0.6) is 0 Å². The Morgan fingerprint density at radius 2 is 1.94 bits per heavy atom. The van der Waals surface area contributed by atoms with E-state index in [1.54, 1.807) is 11.8 Å². The van der Waals surface area contributed by atoms with Crippen LogP contribution < -0.4 is 5.56 Å². The molecule has 0 saturated heterocycles. The monoisotopic (exact) mass is 313 g/mol. The summed E-state index contributed by atoms with van der Waals surface area (Å²) in [6.07, 6.45) is 0. The van der Waals surface area contributed by atoms with Crippen molar-refractivity contribution in [2.75, 3.05) is 25.4 Å². The van der Waals surface area contributed by atoms with Gasteiger partial charge in [-0.1, -0.05) is 25.6 Å². The number of nitrogens with one attached hydrogen (secondary N) is 1. The van der Waals surface area contributed by atoms with Crippen LogP contribution in [0, 0.1) is 6.92 Å². The summed E-state index contributed by atoms with van der Waals surface area (Å²) in [5, 5.41) is 0.720. The minimum atomic E-state index is -0.0714. The van der Waals surface area contributed by atoms with Gasteiger partial charge in [-0.2, -0.15) is 0 Å². The number of hydrogen-bond donors (Lipinski definition) is 1. The average Bonchev–Trinajstić information content (AvgIpc) is 2.23. The van der Waals surface area contributed by atoms with Crippen molar-refractivity contribution in [3.63, 3.8) is 0 Å². The summed E-state index contributed by atoms with van der Waals surface area (Å²) >= 11 is 1.60. The Hall–Kier alpha value is -0.230. The van der Waals surface area contributed by atoms with E-state index in [-0.39, 0.29) is 30.4 Å². The zero-order valence-corrected chi connectivity index (χ0v) is 13.4. The van der Waals surface area contributed by atoms with Crippen LogP contribution in [0.25, 0.3) is 0 Å². The number of aromatic nitrogens is 2. The van der Waals surface area contributed by atoms with E-state index in [1.807, 2.05) is 6.92 Å². The summed E-state index contributed by atoms with van der Waals surface area (Å²) in [5.41, 5.74) is 0.701. The summed E-state index contributed by atoms with van der Waals surface area (Å²) in [4.78, 5) is 20.6. The van der Waals surface area contributed by atoms with E-state index in [1.165, 1.54) is 6.07 Å². The molecule has 0 saturated carbocycles. The van der Waals surface area contributed by atoms with Crippen molar-refractivity contribution in [1.82, 2.24) is 14.9 Å². The molecular formula is C11H21Cl2N3OS. The molecule has 1 aromatic rings. The maximum absolute atomic E-state index is 11.2. The smallest absolute Gasteiger partial charge is 0.251 e. The van der Waals surface area contributed by atoms with E-state index < -0.39 is 0 Å². The van der Waals surface area contributed by atoms with Crippen molar-refractivity contribution >= 4 is 36.6 Å². The van der Waals surface area contributed by atoms with Gasteiger partial charge in [0, 0.05) is 24.1 Å². The van der Waals surface area contributed by atoms with Crippen LogP contribution in [0.2, 0.25) is 0 Å². The maximum atomic E-state index is 11.2. The highest BCUT2D eigenvalue weighted by Gasteiger charge is 2.02. The molecule has 18 heavy (non-hydrogen) atoms. The molecule has 1 rings (SSSR count). The molecule has 1 heterocycles. The van der Waals surface area contributed by atoms with Crippen LogP contribution >= 0.6 is 36.6 Å². The Labute approximate surface area is 125 Å². The topological polar surface area (TPSA) is 49.0 Å². The fourth-order valence-electron chi connectivity index (χ4n) is 1.43. The van der Waals surface area contributed by atoms with Crippen LogP contribution in [0.3, 0.4) is 0 Å². The van der Waals surface area contributed by atoms with Gasteiger partial charge in [0.2, 0.25) is 0 Å². The fourth-order valence-corrected chi connectivity index (χ4v) is 2.36.